The first kappa shape index (κ1) is 44.0. The minimum atomic E-state index is -4.78. The van der Waals surface area contributed by atoms with Crippen LogP contribution in [-0.2, 0) is 40.7 Å². The molecule has 3 aromatic carbocycles. The Morgan fingerprint density at radius 1 is 0.629 bits per heavy atom. The molecule has 0 fully saturated rings. The Morgan fingerprint density at radius 3 is 1.29 bits per heavy atom. The molecule has 0 saturated heterocycles. The average Bonchev–Trinajstić information content (AvgIpc) is 3.48. The van der Waals surface area contributed by atoms with E-state index in [-0.39, 0.29) is 44.9 Å². The van der Waals surface area contributed by atoms with Crippen molar-refractivity contribution in [3.8, 4) is 11.5 Å². The van der Waals surface area contributed by atoms with Gasteiger partial charge in [-0.2, -0.15) is 26.0 Å². The lowest BCUT2D eigenvalue weighted by atomic mass is 9.75. The first-order chi connectivity index (χ1) is 28.7. The van der Waals surface area contributed by atoms with Crippen LogP contribution in [0, 0.1) is 0 Å². The molecule has 0 amide bonds. The molecule has 0 aromatic heterocycles. The maximum Gasteiger partial charge on any atom is 0.283 e. The summed E-state index contributed by atoms with van der Waals surface area (Å²) in [6, 6.07) is 12.2. The highest BCUT2D eigenvalue weighted by Gasteiger charge is 2.51. The fraction of sp³-hybridized carbons (Fsp3) is 0.318. The predicted octanol–water partition coefficient (Wildman–Crippen LogP) is 3.01. The van der Waals surface area contributed by atoms with Gasteiger partial charge in [0.1, 0.15) is 37.3 Å². The number of carbonyl (C=O) groups excluding carboxylic acids is 2. The van der Waals surface area contributed by atoms with Gasteiger partial charge in [-0.1, -0.05) is 11.5 Å². The van der Waals surface area contributed by atoms with Gasteiger partial charge in [0, 0.05) is 105 Å². The summed E-state index contributed by atoms with van der Waals surface area (Å²) in [6.07, 6.45) is 3.14. The molecule has 2 heterocycles. The van der Waals surface area contributed by atoms with E-state index in [4.69, 9.17) is 0 Å². The molecule has 0 saturated carbocycles. The van der Waals surface area contributed by atoms with Gasteiger partial charge in [-0.25, -0.2) is 0 Å². The standard InChI is InChI=1S/C44H46N4O12S2/c1-9-47(10-2)23-11-13-25(33(49)15-23)37-39(51)27(40(37)52)17-35-43(3,4)29-19-32-30(20-31(29)45(35)7)44(5,6)36(46(32)8)18-28-41(53)38(42(28)54)26-14-12-24(16-34(26)50)48(21-61(55,56)57)22-62(58,59)60/h11-20H,9-10,21-22H2,1-8H3,(H4,51,52,53,54,55,56,57,58,59,60). The minimum Gasteiger partial charge on any atom is -0.871 e. The Balaban J connectivity index is 1.19. The highest BCUT2D eigenvalue weighted by Crippen LogP contribution is 2.50. The molecule has 4 aliphatic rings. The van der Waals surface area contributed by atoms with Crippen molar-refractivity contribution in [1.82, 2.24) is 0 Å². The molecule has 7 rings (SSSR count). The smallest absolute Gasteiger partial charge is 0.283 e. The molecule has 16 nitrogen and oxygen atoms in total. The number of phenolic OH excluding ortho intramolecular Hbond substituents is 2. The van der Waals surface area contributed by atoms with Crippen molar-refractivity contribution >= 4 is 77.1 Å². The molecule has 0 atom stereocenters. The van der Waals surface area contributed by atoms with E-state index < -0.39 is 71.7 Å². The monoisotopic (exact) mass is 886 g/mol. The molecule has 4 N–H and O–H groups in total. The zero-order valence-corrected chi connectivity index (χ0v) is 36.9. The molecule has 2 aliphatic heterocycles. The summed E-state index contributed by atoms with van der Waals surface area (Å²) in [5.41, 5.74) is 3.39. The van der Waals surface area contributed by atoms with Crippen LogP contribution >= 0.6 is 0 Å². The third-order valence-corrected chi connectivity index (χ3v) is 13.5. The van der Waals surface area contributed by atoms with Crippen molar-refractivity contribution in [2.45, 2.75) is 52.4 Å². The van der Waals surface area contributed by atoms with Crippen LogP contribution in [0.3, 0.4) is 0 Å². The third kappa shape index (κ3) is 7.09. The Hall–Kier alpha value is -6.08. The van der Waals surface area contributed by atoms with E-state index in [1.807, 2.05) is 81.8 Å². The second-order valence-electron chi connectivity index (χ2n) is 16.7. The first-order valence-electron chi connectivity index (χ1n) is 19.6. The fourth-order valence-corrected chi connectivity index (χ4v) is 10.3. The number of allylic oxidation sites excluding steroid dienone is 6. The Morgan fingerprint density at radius 2 is 0.984 bits per heavy atom. The second kappa shape index (κ2) is 14.8. The maximum atomic E-state index is 13.6. The molecule has 0 unspecified atom stereocenters. The van der Waals surface area contributed by atoms with Gasteiger partial charge in [0.05, 0.1) is 10.8 Å². The molecule has 62 heavy (non-hydrogen) atoms. The van der Waals surface area contributed by atoms with E-state index >= 15 is 0 Å². The molecular weight excluding hydrogens is 841 g/mol. The number of benzene rings is 3. The SMILES string of the molecule is CCN(CC)c1ccc(C2=C([O-])C(=CC3=[N+](C)c4cc5c(cc4C3(C)C)[N+](C)=C(C=C3C(=O)C(c4ccc(N(CS(=O)(=O)O)CS(=O)(=O)O)cc4O)=C3[O-])C5(C)C)C2=O)c(O)c1. The van der Waals surface area contributed by atoms with Gasteiger partial charge in [0.2, 0.25) is 11.4 Å². The zero-order valence-electron chi connectivity index (χ0n) is 35.3. The number of fused-ring (bicyclic) bond motifs is 2. The summed E-state index contributed by atoms with van der Waals surface area (Å²) in [6.45, 7) is 13.3. The van der Waals surface area contributed by atoms with Crippen LogP contribution in [0.4, 0.5) is 22.7 Å². The van der Waals surface area contributed by atoms with Gasteiger partial charge in [-0.05, 0) is 65.8 Å². The summed E-state index contributed by atoms with van der Waals surface area (Å²) < 4.78 is 68.5. The van der Waals surface area contributed by atoms with Crippen molar-refractivity contribution in [3.63, 3.8) is 0 Å². The Kier molecular flexibility index (Phi) is 10.5. The van der Waals surface area contributed by atoms with E-state index in [0.717, 1.165) is 65.2 Å². The molecule has 0 bridgehead atoms. The number of nitrogens with zero attached hydrogens (tertiary/aromatic N) is 4. The summed E-state index contributed by atoms with van der Waals surface area (Å²) in [4.78, 5) is 29.7. The predicted molar refractivity (Wildman–Crippen MR) is 229 cm³/mol. The van der Waals surface area contributed by atoms with Crippen molar-refractivity contribution in [3.05, 3.63) is 106 Å². The van der Waals surface area contributed by atoms with Gasteiger partial charge in [-0.3, -0.25) is 18.7 Å². The molecule has 3 aromatic rings. The van der Waals surface area contributed by atoms with Crippen LogP contribution in [-0.4, -0.2) is 107 Å². The number of hydrogen-bond donors (Lipinski definition) is 4. The third-order valence-electron chi connectivity index (χ3n) is 12.3. The number of carbonyl (C=O) groups is 2. The van der Waals surface area contributed by atoms with E-state index in [9.17, 15) is 56.0 Å². The second-order valence-corrected chi connectivity index (χ2v) is 19.6. The van der Waals surface area contributed by atoms with Gasteiger partial charge < -0.3 is 30.2 Å². The number of hydrogen-bond acceptors (Lipinski definition) is 12. The molecule has 2 aliphatic carbocycles. The van der Waals surface area contributed by atoms with Crippen LogP contribution < -0.4 is 20.0 Å². The quantitative estimate of drug-likeness (QED) is 0.116. The zero-order chi connectivity index (χ0) is 45.8. The summed E-state index contributed by atoms with van der Waals surface area (Å²) in [7, 11) is -5.89. The van der Waals surface area contributed by atoms with Gasteiger partial charge >= 0.3 is 0 Å². The van der Waals surface area contributed by atoms with Gasteiger partial charge in [0.15, 0.2) is 23.0 Å². The first-order valence-corrected chi connectivity index (χ1v) is 22.8. The van der Waals surface area contributed by atoms with E-state index in [1.165, 1.54) is 6.08 Å². The van der Waals surface area contributed by atoms with Crippen molar-refractivity contribution in [2.24, 2.45) is 0 Å². The molecule has 326 valence electrons. The number of anilines is 2. The lowest BCUT2D eigenvalue weighted by molar-refractivity contribution is -0.404. The molecule has 0 radical (unpaired) electrons. The summed E-state index contributed by atoms with van der Waals surface area (Å²) >= 11 is 0. The number of ketones is 2. The van der Waals surface area contributed by atoms with Crippen molar-refractivity contribution in [1.29, 1.82) is 0 Å². The van der Waals surface area contributed by atoms with Crippen LogP contribution in [0.25, 0.3) is 11.1 Å². The lowest BCUT2D eigenvalue weighted by Gasteiger charge is -2.31. The number of Topliss-reactive ketones (excluding diaryl/α,β-unsaturated/α-hetero) is 2. The maximum absolute atomic E-state index is 13.6. The molecule has 18 heteroatoms. The van der Waals surface area contributed by atoms with Crippen LogP contribution in [0.1, 0.15) is 63.8 Å². The van der Waals surface area contributed by atoms with Gasteiger partial charge in [-0.15, -0.1) is 0 Å². The van der Waals surface area contributed by atoms with E-state index in [2.05, 4.69) is 0 Å². The summed E-state index contributed by atoms with van der Waals surface area (Å²) in [5, 5.41) is 48.8. The topological polar surface area (TPSA) is 242 Å². The fourth-order valence-electron chi connectivity index (χ4n) is 8.94. The normalized spacial score (nSPS) is 19.4. The molecular formula is C44H46N4O12S2. The average molecular weight is 887 g/mol. The highest BCUT2D eigenvalue weighted by atomic mass is 32.2. The number of rotatable bonds is 12. The van der Waals surface area contributed by atoms with E-state index in [1.54, 1.807) is 24.3 Å². The lowest BCUT2D eigenvalue weighted by Crippen LogP contribution is -2.34. The minimum absolute atomic E-state index is 0.0220. The molecule has 0 spiro atoms. The Labute approximate surface area is 359 Å². The van der Waals surface area contributed by atoms with Crippen molar-refractivity contribution < 1.29 is 65.1 Å². The number of aromatic hydroxyl groups is 2. The summed E-state index contributed by atoms with van der Waals surface area (Å²) in [5.74, 6) is -5.50. The van der Waals surface area contributed by atoms with Crippen LogP contribution in [0.15, 0.2) is 83.3 Å². The van der Waals surface area contributed by atoms with Crippen LogP contribution in [0.5, 0.6) is 11.5 Å². The van der Waals surface area contributed by atoms with Gasteiger partial charge in [0.25, 0.3) is 20.2 Å². The largest absolute Gasteiger partial charge is 0.871 e. The van der Waals surface area contributed by atoms with E-state index in [0.29, 0.717) is 10.6 Å². The highest BCUT2D eigenvalue weighted by molar-refractivity contribution is 7.86. The van der Waals surface area contributed by atoms with Crippen molar-refractivity contribution in [2.75, 3.05) is 48.7 Å². The Bertz CT molecular complexity index is 2950. The number of phenols is 2. The van der Waals surface area contributed by atoms with Crippen LogP contribution in [0.2, 0.25) is 0 Å².